The highest BCUT2D eigenvalue weighted by Crippen LogP contribution is 2.27. The van der Waals surface area contributed by atoms with Crippen LogP contribution in [-0.4, -0.2) is 25.1 Å². The molecule has 3 aromatic rings. The van der Waals surface area contributed by atoms with E-state index in [4.69, 9.17) is 11.6 Å². The molecular weight excluding hydrogens is 388 g/mol. The van der Waals surface area contributed by atoms with Crippen LogP contribution in [0, 0.1) is 0 Å². The van der Waals surface area contributed by atoms with Crippen molar-refractivity contribution in [1.82, 2.24) is 5.32 Å². The molecule has 0 unspecified atom stereocenters. The molecule has 1 N–H and O–H groups in total. The first-order chi connectivity index (χ1) is 14.1. The lowest BCUT2D eigenvalue weighted by atomic mass is 9.89. The normalized spacial score (nSPS) is 11.8. The minimum absolute atomic E-state index is 0.0723. The van der Waals surface area contributed by atoms with Crippen LogP contribution in [-0.2, 0) is 9.63 Å². The zero-order chi connectivity index (χ0) is 20.6. The van der Waals surface area contributed by atoms with Crippen molar-refractivity contribution in [2.24, 2.45) is 5.16 Å². The number of rotatable bonds is 7. The van der Waals surface area contributed by atoms with Gasteiger partial charge in [-0.3, -0.25) is 9.59 Å². The van der Waals surface area contributed by atoms with Crippen molar-refractivity contribution in [3.63, 3.8) is 0 Å². The van der Waals surface area contributed by atoms with Crippen LogP contribution in [0.15, 0.2) is 84.0 Å². The maximum atomic E-state index is 12.8. The Kier molecular flexibility index (Phi) is 6.76. The average Bonchev–Trinajstić information content (AvgIpc) is 2.76. The largest absolute Gasteiger partial charge is 0.398 e. The summed E-state index contributed by atoms with van der Waals surface area (Å²) >= 11 is 5.98. The van der Waals surface area contributed by atoms with Gasteiger partial charge in [0.15, 0.2) is 5.78 Å². The van der Waals surface area contributed by atoms with E-state index in [0.717, 1.165) is 11.1 Å². The van der Waals surface area contributed by atoms with Gasteiger partial charge in [0.2, 0.25) is 5.91 Å². The quantitative estimate of drug-likeness (QED) is 0.273. The Balaban J connectivity index is 1.91. The average molecular weight is 407 g/mol. The molecule has 5 nitrogen and oxygen atoms in total. The molecule has 1 amide bonds. The lowest BCUT2D eigenvalue weighted by molar-refractivity contribution is -0.120. The maximum absolute atomic E-state index is 12.8. The van der Waals surface area contributed by atoms with Crippen LogP contribution in [0.1, 0.15) is 33.0 Å². The number of carbonyl (C=O) groups is 2. The van der Waals surface area contributed by atoms with Crippen molar-refractivity contribution >= 4 is 29.6 Å². The van der Waals surface area contributed by atoms with Gasteiger partial charge in [-0.1, -0.05) is 83.5 Å². The van der Waals surface area contributed by atoms with Crippen molar-refractivity contribution in [2.75, 3.05) is 7.11 Å². The fraction of sp³-hybridized carbons (Fsp3) is 0.0870. The Morgan fingerprint density at radius 3 is 2.03 bits per heavy atom. The van der Waals surface area contributed by atoms with Gasteiger partial charge in [0.1, 0.15) is 13.4 Å². The van der Waals surface area contributed by atoms with Gasteiger partial charge >= 0.3 is 0 Å². The van der Waals surface area contributed by atoms with Gasteiger partial charge in [-0.25, -0.2) is 0 Å². The molecule has 0 aliphatic rings. The van der Waals surface area contributed by atoms with Crippen LogP contribution in [0.3, 0.4) is 0 Å². The number of benzene rings is 3. The van der Waals surface area contributed by atoms with Gasteiger partial charge in [-0.2, -0.15) is 0 Å². The molecule has 146 valence electrons. The molecule has 3 rings (SSSR count). The fourth-order valence-electron chi connectivity index (χ4n) is 2.96. The van der Waals surface area contributed by atoms with Crippen molar-refractivity contribution in [2.45, 2.75) is 5.92 Å². The third kappa shape index (κ3) is 5.09. The number of ketones is 1. The standard InChI is InChI=1S/C23H19ClN2O3/c1-29-26-15-25-23(28)21(17-11-13-20(24)14-12-17)16-7-9-19(10-8-16)22(27)18-5-3-2-4-6-18/h2-15,21H,1H3,(H,25,26,28)/t21-/m1/s1. The zero-order valence-electron chi connectivity index (χ0n) is 15.7. The minimum Gasteiger partial charge on any atom is -0.398 e. The number of hydrogen-bond acceptors (Lipinski definition) is 4. The summed E-state index contributed by atoms with van der Waals surface area (Å²) in [5.41, 5.74) is 2.67. The lowest BCUT2D eigenvalue weighted by Gasteiger charge is -2.17. The highest BCUT2D eigenvalue weighted by atomic mass is 35.5. The van der Waals surface area contributed by atoms with E-state index in [-0.39, 0.29) is 11.7 Å². The first-order valence-corrected chi connectivity index (χ1v) is 9.28. The number of nitrogens with one attached hydrogen (secondary N) is 1. The van der Waals surface area contributed by atoms with Crippen molar-refractivity contribution < 1.29 is 14.4 Å². The van der Waals surface area contributed by atoms with E-state index in [9.17, 15) is 9.59 Å². The molecule has 29 heavy (non-hydrogen) atoms. The first-order valence-electron chi connectivity index (χ1n) is 8.90. The van der Waals surface area contributed by atoms with Gasteiger partial charge in [0, 0.05) is 16.1 Å². The molecular formula is C23H19ClN2O3. The molecule has 0 bridgehead atoms. The summed E-state index contributed by atoms with van der Waals surface area (Å²) in [5, 5.41) is 6.73. The van der Waals surface area contributed by atoms with Crippen LogP contribution in [0.4, 0.5) is 0 Å². The van der Waals surface area contributed by atoms with E-state index in [1.165, 1.54) is 13.4 Å². The molecule has 0 spiro atoms. The zero-order valence-corrected chi connectivity index (χ0v) is 16.5. The minimum atomic E-state index is -0.601. The Hall–Kier alpha value is -3.44. The van der Waals surface area contributed by atoms with Crippen molar-refractivity contribution in [1.29, 1.82) is 0 Å². The van der Waals surface area contributed by atoms with Gasteiger partial charge in [-0.15, -0.1) is 0 Å². The second kappa shape index (κ2) is 9.66. The van der Waals surface area contributed by atoms with Crippen LogP contribution >= 0.6 is 11.6 Å². The van der Waals surface area contributed by atoms with Gasteiger partial charge in [0.25, 0.3) is 0 Å². The first kappa shape index (κ1) is 20.3. The van der Waals surface area contributed by atoms with E-state index in [1.807, 2.05) is 18.2 Å². The third-order valence-electron chi connectivity index (χ3n) is 4.37. The predicted molar refractivity (Wildman–Crippen MR) is 113 cm³/mol. The third-order valence-corrected chi connectivity index (χ3v) is 4.62. The summed E-state index contributed by atoms with van der Waals surface area (Å²) in [4.78, 5) is 30.0. The smallest absolute Gasteiger partial charge is 0.237 e. The highest BCUT2D eigenvalue weighted by Gasteiger charge is 2.23. The van der Waals surface area contributed by atoms with Crippen LogP contribution in [0.5, 0.6) is 0 Å². The summed E-state index contributed by atoms with van der Waals surface area (Å²) in [6, 6.07) is 23.1. The summed E-state index contributed by atoms with van der Waals surface area (Å²) in [5.74, 6) is -0.955. The van der Waals surface area contributed by atoms with Crippen LogP contribution < -0.4 is 5.32 Å². The molecule has 6 heteroatoms. The molecule has 0 aliphatic carbocycles. The summed E-state index contributed by atoms with van der Waals surface area (Å²) in [6.45, 7) is 0. The second-order valence-corrected chi connectivity index (χ2v) is 6.66. The highest BCUT2D eigenvalue weighted by molar-refractivity contribution is 6.30. The second-order valence-electron chi connectivity index (χ2n) is 6.23. The van der Waals surface area contributed by atoms with E-state index in [0.29, 0.717) is 16.1 Å². The lowest BCUT2D eigenvalue weighted by Crippen LogP contribution is -2.29. The number of nitrogens with zero attached hydrogens (tertiary/aromatic N) is 1. The maximum Gasteiger partial charge on any atom is 0.237 e. The molecule has 1 atom stereocenters. The van der Waals surface area contributed by atoms with Crippen molar-refractivity contribution in [3.8, 4) is 0 Å². The topological polar surface area (TPSA) is 67.8 Å². The Morgan fingerprint density at radius 2 is 1.45 bits per heavy atom. The summed E-state index contributed by atoms with van der Waals surface area (Å²) < 4.78 is 0. The van der Waals surface area contributed by atoms with E-state index in [2.05, 4.69) is 15.3 Å². The monoisotopic (exact) mass is 406 g/mol. The molecule has 0 aliphatic heterocycles. The van der Waals surface area contributed by atoms with Gasteiger partial charge < -0.3 is 10.2 Å². The number of amides is 1. The number of oxime groups is 1. The van der Waals surface area contributed by atoms with E-state index in [1.54, 1.807) is 60.7 Å². The fourth-order valence-corrected chi connectivity index (χ4v) is 3.09. The van der Waals surface area contributed by atoms with Crippen LogP contribution in [0.25, 0.3) is 0 Å². The Morgan fingerprint density at radius 1 is 0.897 bits per heavy atom. The molecule has 0 fully saturated rings. The molecule has 3 aromatic carbocycles. The predicted octanol–water partition coefficient (Wildman–Crippen LogP) is 4.41. The molecule has 0 heterocycles. The Labute approximate surface area is 174 Å². The Bertz CT molecular complexity index is 1000. The van der Waals surface area contributed by atoms with Gasteiger partial charge in [0.05, 0.1) is 5.92 Å². The van der Waals surface area contributed by atoms with Crippen molar-refractivity contribution in [3.05, 3.63) is 106 Å². The SMILES string of the molecule is CO/N=C\NC(=O)[C@@H](c1ccc(Cl)cc1)c1ccc(C(=O)c2ccccc2)cc1. The molecule has 0 radical (unpaired) electrons. The molecule has 0 aromatic heterocycles. The van der Waals surface area contributed by atoms with Crippen LogP contribution in [0.2, 0.25) is 5.02 Å². The number of hydrogen-bond donors (Lipinski definition) is 1. The molecule has 0 saturated carbocycles. The van der Waals surface area contributed by atoms with E-state index < -0.39 is 5.92 Å². The number of carbonyl (C=O) groups excluding carboxylic acids is 2. The molecule has 0 saturated heterocycles. The van der Waals surface area contributed by atoms with Gasteiger partial charge in [-0.05, 0) is 23.3 Å². The van der Waals surface area contributed by atoms with E-state index >= 15 is 0 Å². The number of halogens is 1. The summed E-state index contributed by atoms with van der Waals surface area (Å²) in [6.07, 6.45) is 1.19. The summed E-state index contributed by atoms with van der Waals surface area (Å²) in [7, 11) is 1.39.